The van der Waals surface area contributed by atoms with E-state index in [9.17, 15) is 4.79 Å². The van der Waals surface area contributed by atoms with E-state index >= 15 is 0 Å². The third kappa shape index (κ3) is 9.39. The van der Waals surface area contributed by atoms with Gasteiger partial charge in [-0.2, -0.15) is 0 Å². The van der Waals surface area contributed by atoms with Crippen molar-refractivity contribution in [3.05, 3.63) is 42.0 Å². The Hall–Kier alpha value is -1.89. The zero-order chi connectivity index (χ0) is 27.0. The van der Waals surface area contributed by atoms with Crippen LogP contribution in [0.4, 0.5) is 4.79 Å². The van der Waals surface area contributed by atoms with Gasteiger partial charge in [-0.15, -0.1) is 0 Å². The van der Waals surface area contributed by atoms with Gasteiger partial charge in [0.1, 0.15) is 24.4 Å². The van der Waals surface area contributed by atoms with Crippen LogP contribution in [0.2, 0.25) is 0 Å². The molecule has 1 aromatic carbocycles. The summed E-state index contributed by atoms with van der Waals surface area (Å²) >= 11 is 0. The number of hydrogen-bond acceptors (Lipinski definition) is 5. The molecule has 4 rings (SSSR count). The number of hydrogen-bond donors (Lipinski definition) is 1. The average molecular weight is 528 g/mol. The number of amides is 1. The van der Waals surface area contributed by atoms with Crippen molar-refractivity contribution in [2.45, 2.75) is 134 Å². The molecule has 1 N–H and O–H groups in total. The van der Waals surface area contributed by atoms with Gasteiger partial charge in [0.05, 0.1) is 24.9 Å². The van der Waals surface area contributed by atoms with Gasteiger partial charge >= 0.3 is 6.09 Å². The molecule has 1 aromatic rings. The summed E-state index contributed by atoms with van der Waals surface area (Å²) in [5, 5.41) is 2.99. The molecule has 3 aliphatic heterocycles. The summed E-state index contributed by atoms with van der Waals surface area (Å²) in [7, 11) is 0. The van der Waals surface area contributed by atoms with Gasteiger partial charge in [0.2, 0.25) is 0 Å². The molecule has 0 bridgehead atoms. The van der Waals surface area contributed by atoms with E-state index in [1.54, 1.807) is 0 Å². The number of carbonyl (C=O) groups excluding carboxylic acids is 1. The molecule has 3 fully saturated rings. The lowest BCUT2D eigenvalue weighted by Crippen LogP contribution is -2.41. The van der Waals surface area contributed by atoms with E-state index in [1.807, 2.05) is 45.0 Å². The first kappa shape index (κ1) is 29.1. The minimum absolute atomic E-state index is 0.327. The number of ether oxygens (including phenoxy) is 4. The maximum absolute atomic E-state index is 12.3. The Bertz CT molecular complexity index is 894. The molecule has 0 aromatic heterocycles. The standard InChI is InChI=1S/C32H49NO5/c1-23(2)24-17-19-25(20-18-24)32(3,4)33-31(34)35-21-15-13-11-9-7-5-6-8-10-12-14-16-26-28(37-26)30-29(38-30)27-22-36-27/h17-20,26-30H,1,5-16,21-22H2,2-4H3,(H,33,34). The number of nitrogens with one attached hydrogen (secondary N) is 1. The first-order valence-corrected chi connectivity index (χ1v) is 15.0. The van der Waals surface area contributed by atoms with E-state index in [0.717, 1.165) is 36.1 Å². The molecule has 6 nitrogen and oxygen atoms in total. The highest BCUT2D eigenvalue weighted by atomic mass is 16.7. The molecule has 0 radical (unpaired) electrons. The number of rotatable bonds is 19. The number of benzene rings is 1. The smallest absolute Gasteiger partial charge is 0.407 e. The predicted molar refractivity (Wildman–Crippen MR) is 151 cm³/mol. The second kappa shape index (κ2) is 14.0. The molecule has 5 atom stereocenters. The normalized spacial score (nSPS) is 25.6. The second-order valence-electron chi connectivity index (χ2n) is 12.0. The molecule has 3 heterocycles. The van der Waals surface area contributed by atoms with Crippen LogP contribution < -0.4 is 5.32 Å². The van der Waals surface area contributed by atoms with Crippen molar-refractivity contribution >= 4 is 11.7 Å². The molecule has 1 amide bonds. The number of epoxide rings is 3. The summed E-state index contributed by atoms with van der Waals surface area (Å²) in [6.07, 6.45) is 16.5. The van der Waals surface area contributed by atoms with Crippen molar-refractivity contribution in [3.63, 3.8) is 0 Å². The van der Waals surface area contributed by atoms with Crippen LogP contribution >= 0.6 is 0 Å². The van der Waals surface area contributed by atoms with E-state index in [0.29, 0.717) is 37.1 Å². The minimum Gasteiger partial charge on any atom is -0.450 e. The third-order valence-electron chi connectivity index (χ3n) is 8.11. The van der Waals surface area contributed by atoms with E-state index in [2.05, 4.69) is 11.9 Å². The average Bonchev–Trinajstić information content (AvgIpc) is 3.73. The molecule has 38 heavy (non-hydrogen) atoms. The van der Waals surface area contributed by atoms with Gasteiger partial charge in [-0.25, -0.2) is 4.79 Å². The van der Waals surface area contributed by atoms with Crippen LogP contribution in [0.5, 0.6) is 0 Å². The van der Waals surface area contributed by atoms with Crippen LogP contribution in [-0.4, -0.2) is 49.8 Å². The fourth-order valence-corrected chi connectivity index (χ4v) is 5.36. The van der Waals surface area contributed by atoms with Crippen molar-refractivity contribution in [1.29, 1.82) is 0 Å². The number of carbonyl (C=O) groups is 1. The Labute approximate surface area is 229 Å². The summed E-state index contributed by atoms with van der Waals surface area (Å²) in [6.45, 7) is 11.3. The fraction of sp³-hybridized carbons (Fsp3) is 0.719. The second-order valence-corrected chi connectivity index (χ2v) is 12.0. The molecule has 212 valence electrons. The highest BCUT2D eigenvalue weighted by Crippen LogP contribution is 2.44. The Morgan fingerprint density at radius 2 is 1.47 bits per heavy atom. The van der Waals surface area contributed by atoms with Gasteiger partial charge in [0.15, 0.2) is 0 Å². The van der Waals surface area contributed by atoms with Crippen LogP contribution in [0.15, 0.2) is 30.8 Å². The first-order valence-electron chi connectivity index (χ1n) is 15.0. The van der Waals surface area contributed by atoms with Crippen LogP contribution in [0.25, 0.3) is 5.57 Å². The van der Waals surface area contributed by atoms with E-state index in [1.165, 1.54) is 64.2 Å². The SMILES string of the molecule is C=C(C)c1ccc(C(C)(C)NC(=O)OCCCCCCCCCCCCCC2OC2C2OC2C2CO2)cc1. The number of allylic oxidation sites excluding steroid dienone is 1. The van der Waals surface area contributed by atoms with Crippen molar-refractivity contribution in [3.8, 4) is 0 Å². The van der Waals surface area contributed by atoms with E-state index in [4.69, 9.17) is 18.9 Å². The number of unbranched alkanes of at least 4 members (excludes halogenated alkanes) is 10. The highest BCUT2D eigenvalue weighted by Gasteiger charge is 2.61. The summed E-state index contributed by atoms with van der Waals surface area (Å²) in [4.78, 5) is 12.3. The van der Waals surface area contributed by atoms with Gasteiger partial charge in [-0.05, 0) is 44.7 Å². The monoisotopic (exact) mass is 527 g/mol. The lowest BCUT2D eigenvalue weighted by atomic mass is 9.93. The molecular formula is C32H49NO5. The molecule has 0 saturated carbocycles. The Kier molecular flexibility index (Phi) is 10.7. The van der Waals surface area contributed by atoms with Crippen molar-refractivity contribution in [2.24, 2.45) is 0 Å². The topological polar surface area (TPSA) is 75.9 Å². The van der Waals surface area contributed by atoms with Gasteiger partial charge in [-0.1, -0.05) is 101 Å². The van der Waals surface area contributed by atoms with Crippen LogP contribution in [0, 0.1) is 0 Å². The Balaban J connectivity index is 0.897. The molecule has 6 heteroatoms. The molecule has 5 unspecified atom stereocenters. The lowest BCUT2D eigenvalue weighted by Gasteiger charge is -2.26. The van der Waals surface area contributed by atoms with Crippen LogP contribution in [0.3, 0.4) is 0 Å². The number of alkyl carbamates (subject to hydrolysis) is 1. The van der Waals surface area contributed by atoms with E-state index in [-0.39, 0.29) is 6.09 Å². The van der Waals surface area contributed by atoms with Gasteiger partial charge in [0.25, 0.3) is 0 Å². The Morgan fingerprint density at radius 1 is 0.895 bits per heavy atom. The largest absolute Gasteiger partial charge is 0.450 e. The molecule has 0 aliphatic carbocycles. The van der Waals surface area contributed by atoms with Gasteiger partial charge < -0.3 is 24.3 Å². The molecule has 3 aliphatic rings. The maximum atomic E-state index is 12.3. The van der Waals surface area contributed by atoms with Crippen molar-refractivity contribution in [1.82, 2.24) is 5.32 Å². The zero-order valence-electron chi connectivity index (χ0n) is 23.8. The zero-order valence-corrected chi connectivity index (χ0v) is 23.8. The first-order chi connectivity index (χ1) is 18.3. The maximum Gasteiger partial charge on any atom is 0.407 e. The van der Waals surface area contributed by atoms with Crippen LogP contribution in [-0.2, 0) is 24.5 Å². The van der Waals surface area contributed by atoms with Gasteiger partial charge in [-0.3, -0.25) is 0 Å². The quantitative estimate of drug-likeness (QED) is 0.151. The fourth-order valence-electron chi connectivity index (χ4n) is 5.36. The highest BCUT2D eigenvalue weighted by molar-refractivity contribution is 5.68. The van der Waals surface area contributed by atoms with Crippen molar-refractivity contribution < 1.29 is 23.7 Å². The molecule has 0 spiro atoms. The minimum atomic E-state index is -0.486. The Morgan fingerprint density at radius 3 is 2.05 bits per heavy atom. The molecule has 3 saturated heterocycles. The summed E-state index contributed by atoms with van der Waals surface area (Å²) < 4.78 is 22.2. The summed E-state index contributed by atoms with van der Waals surface area (Å²) in [5.74, 6) is 0. The predicted octanol–water partition coefficient (Wildman–Crippen LogP) is 7.30. The summed E-state index contributed by atoms with van der Waals surface area (Å²) in [6, 6.07) is 8.15. The van der Waals surface area contributed by atoms with Crippen molar-refractivity contribution in [2.75, 3.05) is 13.2 Å². The lowest BCUT2D eigenvalue weighted by molar-refractivity contribution is 0.133. The van der Waals surface area contributed by atoms with E-state index < -0.39 is 5.54 Å². The third-order valence-corrected chi connectivity index (χ3v) is 8.11. The van der Waals surface area contributed by atoms with Crippen LogP contribution in [0.1, 0.15) is 109 Å². The molecular weight excluding hydrogens is 478 g/mol. The summed E-state index contributed by atoms with van der Waals surface area (Å²) in [5.41, 5.74) is 2.70. The van der Waals surface area contributed by atoms with Gasteiger partial charge in [0, 0.05) is 0 Å².